The number of methoxy groups -OCH3 is 1. The van der Waals surface area contributed by atoms with E-state index in [1.807, 2.05) is 54.6 Å². The summed E-state index contributed by atoms with van der Waals surface area (Å²) in [5.41, 5.74) is 4.21. The highest BCUT2D eigenvalue weighted by Crippen LogP contribution is 2.25. The molecule has 0 atom stereocenters. The summed E-state index contributed by atoms with van der Waals surface area (Å²) in [6.45, 7) is 0. The molecule has 27 heavy (non-hydrogen) atoms. The van der Waals surface area contributed by atoms with Crippen LogP contribution in [0.15, 0.2) is 65.8 Å². The molecule has 6 heteroatoms. The summed E-state index contributed by atoms with van der Waals surface area (Å²) >= 11 is 1.50. The maximum Gasteiger partial charge on any atom is 0.250 e. The summed E-state index contributed by atoms with van der Waals surface area (Å²) in [6.07, 6.45) is 1.48. The summed E-state index contributed by atoms with van der Waals surface area (Å²) in [7, 11) is 1.63. The molecule has 0 saturated heterocycles. The molecule has 5 nitrogen and oxygen atoms in total. The van der Waals surface area contributed by atoms with Gasteiger partial charge in [-0.15, -0.1) is 11.8 Å². The molecule has 0 spiro atoms. The van der Waals surface area contributed by atoms with E-state index >= 15 is 0 Å². The van der Waals surface area contributed by atoms with Crippen molar-refractivity contribution in [2.45, 2.75) is 5.75 Å². The molecule has 0 saturated carbocycles. The highest BCUT2D eigenvalue weighted by molar-refractivity contribution is 7.99. The van der Waals surface area contributed by atoms with Crippen LogP contribution in [0.2, 0.25) is 0 Å². The van der Waals surface area contributed by atoms with Crippen molar-refractivity contribution in [2.24, 2.45) is 5.10 Å². The van der Waals surface area contributed by atoms with Crippen LogP contribution in [0.1, 0.15) is 11.1 Å². The summed E-state index contributed by atoms with van der Waals surface area (Å²) in [6, 6.07) is 18.9. The maximum absolute atomic E-state index is 11.9. The van der Waals surface area contributed by atoms with E-state index in [2.05, 4.69) is 10.5 Å². The Kier molecular flexibility index (Phi) is 6.33. The standard InChI is InChI=1S/C21H20N2O3S/c1-26-17-9-6-15(7-10-17)13-27-14-21(25)23-22-12-19-18-5-3-2-4-16(18)8-11-20(19)24/h2-12,24H,13-14H2,1H3,(H,23,25)/b22-12-. The lowest BCUT2D eigenvalue weighted by molar-refractivity contribution is -0.118. The van der Waals surface area contributed by atoms with Gasteiger partial charge in [0.25, 0.3) is 0 Å². The van der Waals surface area contributed by atoms with E-state index in [-0.39, 0.29) is 11.7 Å². The average molecular weight is 380 g/mol. The fourth-order valence-electron chi connectivity index (χ4n) is 2.60. The Hall–Kier alpha value is -2.99. The number of hydrogen-bond acceptors (Lipinski definition) is 5. The van der Waals surface area contributed by atoms with Gasteiger partial charge in [-0.25, -0.2) is 5.43 Å². The molecule has 1 amide bonds. The lowest BCUT2D eigenvalue weighted by atomic mass is 10.0. The number of carbonyl (C=O) groups excluding carboxylic acids is 1. The van der Waals surface area contributed by atoms with E-state index in [0.717, 1.165) is 27.8 Å². The summed E-state index contributed by atoms with van der Waals surface area (Å²) < 4.78 is 5.12. The van der Waals surface area contributed by atoms with Crippen molar-refractivity contribution >= 4 is 34.7 Å². The van der Waals surface area contributed by atoms with Crippen LogP contribution in [0.5, 0.6) is 11.5 Å². The Morgan fingerprint density at radius 3 is 2.70 bits per heavy atom. The lowest BCUT2D eigenvalue weighted by Gasteiger charge is -2.05. The van der Waals surface area contributed by atoms with Gasteiger partial charge in [0.15, 0.2) is 0 Å². The number of rotatable bonds is 7. The van der Waals surface area contributed by atoms with Gasteiger partial charge in [0.05, 0.1) is 19.1 Å². The number of thioether (sulfide) groups is 1. The Bertz CT molecular complexity index is 955. The Morgan fingerprint density at radius 1 is 1.15 bits per heavy atom. The third-order valence-corrected chi connectivity index (χ3v) is 5.00. The number of carbonyl (C=O) groups is 1. The topological polar surface area (TPSA) is 70.9 Å². The number of benzene rings is 3. The molecular weight excluding hydrogens is 360 g/mol. The van der Waals surface area contributed by atoms with Crippen LogP contribution >= 0.6 is 11.8 Å². The van der Waals surface area contributed by atoms with Crippen LogP contribution in [-0.2, 0) is 10.5 Å². The largest absolute Gasteiger partial charge is 0.507 e. The predicted molar refractivity (Wildman–Crippen MR) is 111 cm³/mol. The first kappa shape index (κ1) is 18.8. The third-order valence-electron chi connectivity index (χ3n) is 3.99. The molecule has 3 rings (SSSR count). The number of fused-ring (bicyclic) bond motifs is 1. The van der Waals surface area contributed by atoms with Gasteiger partial charge in [-0.05, 0) is 34.5 Å². The van der Waals surface area contributed by atoms with Crippen LogP contribution < -0.4 is 10.2 Å². The molecule has 0 aliphatic heterocycles. The van der Waals surface area contributed by atoms with E-state index in [1.54, 1.807) is 13.2 Å². The SMILES string of the molecule is COc1ccc(CSCC(=O)N/N=C\c2c(O)ccc3ccccc23)cc1. The number of amides is 1. The molecular formula is C21H20N2O3S. The van der Waals surface area contributed by atoms with Crippen molar-refractivity contribution < 1.29 is 14.6 Å². The predicted octanol–water partition coefficient (Wildman–Crippen LogP) is 3.94. The summed E-state index contributed by atoms with van der Waals surface area (Å²) in [5, 5.41) is 15.9. The molecule has 0 radical (unpaired) electrons. The average Bonchev–Trinajstić information content (AvgIpc) is 2.70. The first-order valence-electron chi connectivity index (χ1n) is 8.40. The van der Waals surface area contributed by atoms with Gasteiger partial charge in [0, 0.05) is 11.3 Å². The smallest absolute Gasteiger partial charge is 0.250 e. The zero-order valence-electron chi connectivity index (χ0n) is 14.9. The second-order valence-corrected chi connectivity index (χ2v) is 6.84. The second kappa shape index (κ2) is 9.09. The fraction of sp³-hybridized carbons (Fsp3) is 0.143. The van der Waals surface area contributed by atoms with Gasteiger partial charge in [0.2, 0.25) is 5.91 Å². The molecule has 0 fully saturated rings. The number of ether oxygens (including phenoxy) is 1. The Morgan fingerprint density at radius 2 is 1.93 bits per heavy atom. The Balaban J connectivity index is 1.52. The molecule has 0 aromatic heterocycles. The van der Waals surface area contributed by atoms with E-state index < -0.39 is 0 Å². The van der Waals surface area contributed by atoms with Gasteiger partial charge in [-0.3, -0.25) is 4.79 Å². The van der Waals surface area contributed by atoms with Gasteiger partial charge >= 0.3 is 0 Å². The second-order valence-electron chi connectivity index (χ2n) is 5.85. The first-order valence-corrected chi connectivity index (χ1v) is 9.56. The van der Waals surface area contributed by atoms with Crippen molar-refractivity contribution in [3.05, 3.63) is 71.8 Å². The van der Waals surface area contributed by atoms with Crippen LogP contribution in [-0.4, -0.2) is 30.1 Å². The van der Waals surface area contributed by atoms with Crippen molar-refractivity contribution in [1.29, 1.82) is 0 Å². The normalized spacial score (nSPS) is 11.0. The number of nitrogens with one attached hydrogen (secondary N) is 1. The van der Waals surface area contributed by atoms with Crippen LogP contribution in [0.4, 0.5) is 0 Å². The summed E-state index contributed by atoms with van der Waals surface area (Å²) in [5.74, 6) is 1.77. The van der Waals surface area contributed by atoms with Crippen LogP contribution in [0.3, 0.4) is 0 Å². The number of hydrogen-bond donors (Lipinski definition) is 2. The number of aromatic hydroxyl groups is 1. The third kappa shape index (κ3) is 5.01. The van der Waals surface area contributed by atoms with E-state index in [9.17, 15) is 9.90 Å². The zero-order valence-corrected chi connectivity index (χ0v) is 15.7. The quantitative estimate of drug-likeness (QED) is 0.481. The van der Waals surface area contributed by atoms with Crippen molar-refractivity contribution in [3.63, 3.8) is 0 Å². The molecule has 3 aromatic rings. The van der Waals surface area contributed by atoms with Gasteiger partial charge in [-0.2, -0.15) is 5.10 Å². The minimum Gasteiger partial charge on any atom is -0.507 e. The van der Waals surface area contributed by atoms with Gasteiger partial charge in [-0.1, -0.05) is 42.5 Å². The highest BCUT2D eigenvalue weighted by Gasteiger charge is 2.05. The molecule has 2 N–H and O–H groups in total. The van der Waals surface area contributed by atoms with E-state index in [1.165, 1.54) is 18.0 Å². The molecule has 0 aliphatic rings. The number of phenolic OH excluding ortho intramolecular Hbond substituents is 1. The first-order chi connectivity index (χ1) is 13.2. The highest BCUT2D eigenvalue weighted by atomic mass is 32.2. The van der Waals surface area contributed by atoms with E-state index in [4.69, 9.17) is 4.74 Å². The molecule has 138 valence electrons. The molecule has 0 aliphatic carbocycles. The molecule has 0 heterocycles. The minimum atomic E-state index is -0.190. The fourth-order valence-corrected chi connectivity index (χ4v) is 3.38. The van der Waals surface area contributed by atoms with Gasteiger partial charge in [0.1, 0.15) is 11.5 Å². The lowest BCUT2D eigenvalue weighted by Crippen LogP contribution is -2.19. The van der Waals surface area contributed by atoms with E-state index in [0.29, 0.717) is 11.3 Å². The number of hydrazone groups is 1. The summed E-state index contributed by atoms with van der Waals surface area (Å²) in [4.78, 5) is 11.9. The molecule has 3 aromatic carbocycles. The zero-order chi connectivity index (χ0) is 19.1. The number of nitrogens with zero attached hydrogens (tertiary/aromatic N) is 1. The Labute approximate surface area is 162 Å². The molecule has 0 bridgehead atoms. The van der Waals surface area contributed by atoms with Crippen molar-refractivity contribution in [2.75, 3.05) is 12.9 Å². The van der Waals surface area contributed by atoms with Crippen molar-refractivity contribution in [1.82, 2.24) is 5.43 Å². The van der Waals surface area contributed by atoms with Crippen LogP contribution in [0.25, 0.3) is 10.8 Å². The maximum atomic E-state index is 11.9. The van der Waals surface area contributed by atoms with Crippen molar-refractivity contribution in [3.8, 4) is 11.5 Å². The van der Waals surface area contributed by atoms with Gasteiger partial charge < -0.3 is 9.84 Å². The molecule has 0 unspecified atom stereocenters. The number of phenols is 1. The minimum absolute atomic E-state index is 0.126. The monoisotopic (exact) mass is 380 g/mol. The van der Waals surface area contributed by atoms with Crippen LogP contribution in [0, 0.1) is 0 Å².